The van der Waals surface area contributed by atoms with Crippen molar-refractivity contribution < 1.29 is 12.9 Å². The normalized spacial score (nSPS) is 13.3. The van der Waals surface area contributed by atoms with Crippen molar-refractivity contribution in [3.8, 4) is 0 Å². The first-order valence-corrected chi connectivity index (χ1v) is 5.14. The fourth-order valence-electron chi connectivity index (χ4n) is 0.680. The van der Waals surface area contributed by atoms with E-state index in [9.17, 15) is 4.21 Å². The summed E-state index contributed by atoms with van der Waals surface area (Å²) in [6, 6.07) is 0. The van der Waals surface area contributed by atoms with Gasteiger partial charge in [-0.25, -0.2) is 0 Å². The lowest BCUT2D eigenvalue weighted by atomic mass is 10.2. The molecule has 0 heterocycles. The molecule has 0 aliphatic carbocycles. The Bertz CT molecular complexity index is 110. The SMILES string of the molecule is O=S(O)OCCCCCCCl. The van der Waals surface area contributed by atoms with Crippen molar-refractivity contribution in [1.29, 1.82) is 0 Å². The summed E-state index contributed by atoms with van der Waals surface area (Å²) < 4.78 is 22.6. The van der Waals surface area contributed by atoms with Gasteiger partial charge < -0.3 is 0 Å². The van der Waals surface area contributed by atoms with Crippen LogP contribution in [0.5, 0.6) is 0 Å². The lowest BCUT2D eigenvalue weighted by Gasteiger charge is -1.97. The molecule has 0 saturated heterocycles. The summed E-state index contributed by atoms with van der Waals surface area (Å²) >= 11 is 3.35. The maximum Gasteiger partial charge on any atom is 0.301 e. The molecule has 0 saturated carbocycles. The molecule has 0 fully saturated rings. The Morgan fingerprint density at radius 2 is 1.91 bits per heavy atom. The molecule has 0 amide bonds. The number of rotatable bonds is 7. The summed E-state index contributed by atoms with van der Waals surface area (Å²) in [5.41, 5.74) is 0. The van der Waals surface area contributed by atoms with Crippen LogP contribution < -0.4 is 0 Å². The van der Waals surface area contributed by atoms with Crippen LogP contribution in [-0.4, -0.2) is 21.2 Å². The zero-order valence-electron chi connectivity index (χ0n) is 6.29. The van der Waals surface area contributed by atoms with E-state index in [0.717, 1.165) is 25.7 Å². The summed E-state index contributed by atoms with van der Waals surface area (Å²) in [5, 5.41) is 0. The van der Waals surface area contributed by atoms with Crippen LogP contribution in [0.25, 0.3) is 0 Å². The Labute approximate surface area is 74.6 Å². The van der Waals surface area contributed by atoms with E-state index >= 15 is 0 Å². The van der Waals surface area contributed by atoms with E-state index in [-0.39, 0.29) is 0 Å². The van der Waals surface area contributed by atoms with Crippen molar-refractivity contribution in [2.24, 2.45) is 0 Å². The number of unbranched alkanes of at least 4 members (excludes halogenated alkanes) is 3. The lowest BCUT2D eigenvalue weighted by Crippen LogP contribution is -1.97. The van der Waals surface area contributed by atoms with E-state index in [0.29, 0.717) is 12.5 Å². The van der Waals surface area contributed by atoms with Crippen LogP contribution in [0.15, 0.2) is 0 Å². The minimum absolute atomic E-state index is 0.353. The first-order chi connectivity index (χ1) is 5.27. The van der Waals surface area contributed by atoms with Crippen LogP contribution >= 0.6 is 11.6 Å². The van der Waals surface area contributed by atoms with E-state index in [1.807, 2.05) is 0 Å². The smallest absolute Gasteiger partial charge is 0.284 e. The average molecular weight is 201 g/mol. The zero-order chi connectivity index (χ0) is 8.53. The largest absolute Gasteiger partial charge is 0.301 e. The van der Waals surface area contributed by atoms with Crippen LogP contribution in [0.1, 0.15) is 25.7 Å². The van der Waals surface area contributed by atoms with E-state index in [1.165, 1.54) is 0 Å². The van der Waals surface area contributed by atoms with Gasteiger partial charge in [0.25, 0.3) is 0 Å². The van der Waals surface area contributed by atoms with Gasteiger partial charge in [-0.05, 0) is 12.8 Å². The highest BCUT2D eigenvalue weighted by Crippen LogP contribution is 2.01. The molecule has 0 rings (SSSR count). The van der Waals surface area contributed by atoms with E-state index in [1.54, 1.807) is 0 Å². The molecule has 0 aromatic rings. The van der Waals surface area contributed by atoms with Gasteiger partial charge in [-0.2, -0.15) is 4.21 Å². The molecular formula is C6H13ClO3S. The molecule has 0 bridgehead atoms. The quantitative estimate of drug-likeness (QED) is 0.388. The van der Waals surface area contributed by atoms with E-state index < -0.39 is 11.4 Å². The highest BCUT2D eigenvalue weighted by Gasteiger charge is 1.93. The Morgan fingerprint density at radius 3 is 2.45 bits per heavy atom. The summed E-state index contributed by atoms with van der Waals surface area (Å²) in [6.45, 7) is 0.353. The van der Waals surface area contributed by atoms with Crippen molar-refractivity contribution in [1.82, 2.24) is 0 Å². The topological polar surface area (TPSA) is 46.5 Å². The third-order valence-electron chi connectivity index (χ3n) is 1.21. The predicted octanol–water partition coefficient (Wildman–Crippen LogP) is 1.94. The first kappa shape index (κ1) is 11.4. The lowest BCUT2D eigenvalue weighted by molar-refractivity contribution is 0.297. The van der Waals surface area contributed by atoms with Gasteiger partial charge in [0.1, 0.15) is 0 Å². The Kier molecular flexibility index (Phi) is 8.73. The Balaban J connectivity index is 2.85. The molecule has 1 N–H and O–H groups in total. The second-order valence-electron chi connectivity index (χ2n) is 2.14. The number of halogens is 1. The highest BCUT2D eigenvalue weighted by atomic mass is 35.5. The highest BCUT2D eigenvalue weighted by molar-refractivity contribution is 7.74. The first-order valence-electron chi connectivity index (χ1n) is 3.57. The van der Waals surface area contributed by atoms with Gasteiger partial charge in [0.15, 0.2) is 0 Å². The van der Waals surface area contributed by atoms with Crippen molar-refractivity contribution >= 4 is 23.0 Å². The third kappa shape index (κ3) is 10.4. The summed E-state index contributed by atoms with van der Waals surface area (Å²) in [6.07, 6.45) is 3.89. The molecule has 1 unspecified atom stereocenters. The van der Waals surface area contributed by atoms with Gasteiger partial charge in [-0.1, -0.05) is 12.8 Å². The minimum Gasteiger partial charge on any atom is -0.284 e. The molecule has 0 aliphatic heterocycles. The van der Waals surface area contributed by atoms with Gasteiger partial charge in [-0.3, -0.25) is 8.74 Å². The molecule has 0 aromatic carbocycles. The summed E-state index contributed by atoms with van der Waals surface area (Å²) in [5.74, 6) is 0.687. The number of hydrogen-bond acceptors (Lipinski definition) is 2. The fraction of sp³-hybridized carbons (Fsp3) is 1.00. The maximum atomic E-state index is 9.96. The van der Waals surface area contributed by atoms with Gasteiger partial charge in [-0.15, -0.1) is 11.6 Å². The molecule has 1 atom stereocenters. The molecule has 0 radical (unpaired) electrons. The van der Waals surface area contributed by atoms with Crippen molar-refractivity contribution in [2.75, 3.05) is 12.5 Å². The summed E-state index contributed by atoms with van der Waals surface area (Å²) in [4.78, 5) is 0. The molecule has 5 heteroatoms. The maximum absolute atomic E-state index is 9.96. The van der Waals surface area contributed by atoms with Crippen LogP contribution in [0.3, 0.4) is 0 Å². The second kappa shape index (κ2) is 8.46. The van der Waals surface area contributed by atoms with Gasteiger partial charge in [0.2, 0.25) is 0 Å². The van der Waals surface area contributed by atoms with Gasteiger partial charge in [0, 0.05) is 5.88 Å². The second-order valence-corrected chi connectivity index (χ2v) is 3.19. The van der Waals surface area contributed by atoms with Crippen molar-refractivity contribution in [3.63, 3.8) is 0 Å². The standard InChI is InChI=1S/C6H13ClO3S/c7-5-3-1-2-4-6-10-11(8)9/h1-6H2,(H,8,9). The predicted molar refractivity (Wildman–Crippen MR) is 45.9 cm³/mol. The van der Waals surface area contributed by atoms with Crippen molar-refractivity contribution in [2.45, 2.75) is 25.7 Å². The molecule has 0 aliphatic rings. The van der Waals surface area contributed by atoms with Gasteiger partial charge >= 0.3 is 11.4 Å². The summed E-state index contributed by atoms with van der Waals surface area (Å²) in [7, 11) is 0. The average Bonchev–Trinajstić information content (AvgIpc) is 1.96. The molecule has 68 valence electrons. The Morgan fingerprint density at radius 1 is 1.27 bits per heavy atom. The Hall–Kier alpha value is 0.360. The monoisotopic (exact) mass is 200 g/mol. The van der Waals surface area contributed by atoms with E-state index in [4.69, 9.17) is 16.2 Å². The van der Waals surface area contributed by atoms with Crippen LogP contribution in [0.2, 0.25) is 0 Å². The zero-order valence-corrected chi connectivity index (χ0v) is 7.86. The van der Waals surface area contributed by atoms with Crippen molar-refractivity contribution in [3.05, 3.63) is 0 Å². The molecule has 3 nitrogen and oxygen atoms in total. The molecular weight excluding hydrogens is 188 g/mol. The van der Waals surface area contributed by atoms with Crippen LogP contribution in [0.4, 0.5) is 0 Å². The number of alkyl halides is 1. The molecule has 11 heavy (non-hydrogen) atoms. The fourth-order valence-corrected chi connectivity index (χ4v) is 1.13. The van der Waals surface area contributed by atoms with Crippen LogP contribution in [-0.2, 0) is 15.5 Å². The number of hydrogen-bond donors (Lipinski definition) is 1. The molecule has 0 spiro atoms. The minimum atomic E-state index is -2.10. The van der Waals surface area contributed by atoms with E-state index in [2.05, 4.69) is 4.18 Å². The van der Waals surface area contributed by atoms with Crippen LogP contribution in [0, 0.1) is 0 Å². The van der Waals surface area contributed by atoms with Gasteiger partial charge in [0.05, 0.1) is 6.61 Å². The third-order valence-corrected chi connectivity index (χ3v) is 1.85. The molecule has 0 aromatic heterocycles.